The van der Waals surface area contributed by atoms with Crippen LogP contribution in [0.4, 0.5) is 0 Å². The van der Waals surface area contributed by atoms with Crippen LogP contribution in [0.2, 0.25) is 0 Å². The summed E-state index contributed by atoms with van der Waals surface area (Å²) in [7, 11) is 0. The van der Waals surface area contributed by atoms with Gasteiger partial charge in [-0.05, 0) is 31.1 Å². The molecule has 26 heavy (non-hydrogen) atoms. The molecule has 0 bridgehead atoms. The van der Waals surface area contributed by atoms with E-state index in [1.165, 1.54) is 77.0 Å². The summed E-state index contributed by atoms with van der Waals surface area (Å²) in [5.41, 5.74) is 0. The van der Waals surface area contributed by atoms with Crippen LogP contribution in [0.25, 0.3) is 0 Å². The van der Waals surface area contributed by atoms with E-state index in [2.05, 4.69) is 4.74 Å². The molecule has 148 valence electrons. The quantitative estimate of drug-likeness (QED) is 0.0951. The Hall–Kier alpha value is -1.03. The van der Waals surface area contributed by atoms with Crippen LogP contribution in [-0.4, -0.2) is 17.3 Å². The van der Waals surface area contributed by atoms with Crippen LogP contribution >= 0.6 is 12.2 Å². The van der Waals surface area contributed by atoms with Gasteiger partial charge in [0.1, 0.15) is 0 Å². The van der Waals surface area contributed by atoms with E-state index in [-0.39, 0.29) is 12.3 Å². The summed E-state index contributed by atoms with van der Waals surface area (Å²) in [5, 5.41) is 1.86. The highest BCUT2D eigenvalue weighted by Gasteiger charge is 2.30. The van der Waals surface area contributed by atoms with Crippen LogP contribution < -0.4 is 0 Å². The third-order valence-electron chi connectivity index (χ3n) is 4.96. The van der Waals surface area contributed by atoms with Gasteiger partial charge in [-0.15, -0.1) is 0 Å². The lowest BCUT2D eigenvalue weighted by molar-refractivity contribution is -0.152. The molecule has 1 aliphatic heterocycles. The molecule has 3 nitrogen and oxygen atoms in total. The monoisotopic (exact) mass is 380 g/mol. The van der Waals surface area contributed by atoms with E-state index in [0.717, 1.165) is 19.3 Å². The van der Waals surface area contributed by atoms with Crippen molar-refractivity contribution in [3.63, 3.8) is 0 Å². The molecule has 1 atom stereocenters. The summed E-state index contributed by atoms with van der Waals surface area (Å²) < 4.78 is 4.52. The Morgan fingerprint density at radius 3 is 1.65 bits per heavy atom. The van der Waals surface area contributed by atoms with Crippen molar-refractivity contribution < 1.29 is 14.3 Å². The molecular weight excluding hydrogens is 344 g/mol. The molecule has 0 spiro atoms. The van der Waals surface area contributed by atoms with Crippen molar-refractivity contribution in [1.82, 2.24) is 0 Å². The van der Waals surface area contributed by atoms with Crippen molar-refractivity contribution in [2.45, 2.75) is 103 Å². The van der Waals surface area contributed by atoms with Gasteiger partial charge in [-0.1, -0.05) is 95.0 Å². The SMILES string of the molecule is O=C1CC(C=CCCCCCCCCCCCCCCCC=S)C(=O)O1. The molecule has 0 radical (unpaired) electrons. The normalized spacial score (nSPS) is 17.2. The fraction of sp³-hybridized carbons (Fsp3) is 0.773. The van der Waals surface area contributed by atoms with E-state index in [1.54, 1.807) is 0 Å². The Balaban J connectivity index is 1.76. The minimum absolute atomic E-state index is 0.211. The molecule has 0 aromatic heterocycles. The Morgan fingerprint density at radius 2 is 1.23 bits per heavy atom. The molecule has 4 heteroatoms. The van der Waals surface area contributed by atoms with Gasteiger partial charge in [0.05, 0.1) is 12.3 Å². The van der Waals surface area contributed by atoms with Gasteiger partial charge in [-0.25, -0.2) is 0 Å². The summed E-state index contributed by atoms with van der Waals surface area (Å²) >= 11 is 4.83. The molecule has 0 N–H and O–H groups in total. The van der Waals surface area contributed by atoms with Crippen LogP contribution in [0, 0.1) is 5.92 Å². The van der Waals surface area contributed by atoms with Gasteiger partial charge >= 0.3 is 11.9 Å². The summed E-state index contributed by atoms with van der Waals surface area (Å²) in [5.74, 6) is -1.13. The number of thiocarbonyl (C=S) groups is 1. The average Bonchev–Trinajstić information content (AvgIpc) is 2.95. The first-order chi connectivity index (χ1) is 12.7. The van der Waals surface area contributed by atoms with E-state index in [1.807, 2.05) is 17.5 Å². The first kappa shape index (κ1) is 23.0. The summed E-state index contributed by atoms with van der Waals surface area (Å²) in [6.45, 7) is 0. The Morgan fingerprint density at radius 1 is 0.769 bits per heavy atom. The number of allylic oxidation sites excluding steroid dienone is 1. The highest BCUT2D eigenvalue weighted by molar-refractivity contribution is 7.78. The maximum atomic E-state index is 11.3. The Kier molecular flexibility index (Phi) is 14.3. The number of carbonyl (C=O) groups excluding carboxylic acids is 2. The Bertz CT molecular complexity index is 431. The standard InChI is InChI=1S/C22H36O3S/c23-21-19-20(22(24)25-21)17-15-13-11-9-7-5-3-1-2-4-6-8-10-12-14-16-18-26/h15,17-18,20H,1-14,16,19H2. The molecule has 1 fully saturated rings. The first-order valence-electron chi connectivity index (χ1n) is 10.6. The number of esters is 2. The third kappa shape index (κ3) is 12.3. The largest absolute Gasteiger partial charge is 0.393 e. The number of hydrogen-bond acceptors (Lipinski definition) is 4. The van der Waals surface area contributed by atoms with E-state index in [9.17, 15) is 9.59 Å². The molecule has 0 aromatic carbocycles. The molecular formula is C22H36O3S. The molecule has 0 amide bonds. The van der Waals surface area contributed by atoms with E-state index in [4.69, 9.17) is 12.2 Å². The zero-order valence-corrected chi connectivity index (χ0v) is 17.1. The lowest BCUT2D eigenvalue weighted by Crippen LogP contribution is -2.03. The zero-order valence-electron chi connectivity index (χ0n) is 16.3. The highest BCUT2D eigenvalue weighted by Crippen LogP contribution is 2.18. The first-order valence-corrected chi connectivity index (χ1v) is 11.1. The lowest BCUT2D eigenvalue weighted by Gasteiger charge is -2.03. The van der Waals surface area contributed by atoms with Gasteiger partial charge in [0.2, 0.25) is 0 Å². The van der Waals surface area contributed by atoms with Crippen LogP contribution in [0.1, 0.15) is 103 Å². The summed E-state index contributed by atoms with van der Waals surface area (Å²) in [4.78, 5) is 22.3. The molecule has 1 heterocycles. The summed E-state index contributed by atoms with van der Waals surface area (Å²) in [6, 6.07) is 0. The smallest absolute Gasteiger partial charge is 0.321 e. The topological polar surface area (TPSA) is 43.4 Å². The molecule has 1 rings (SSSR count). The zero-order chi connectivity index (χ0) is 18.9. The minimum Gasteiger partial charge on any atom is -0.393 e. The van der Waals surface area contributed by atoms with E-state index >= 15 is 0 Å². The van der Waals surface area contributed by atoms with E-state index < -0.39 is 11.9 Å². The number of rotatable bonds is 17. The van der Waals surface area contributed by atoms with Crippen LogP contribution in [0.5, 0.6) is 0 Å². The fourth-order valence-electron chi connectivity index (χ4n) is 3.33. The number of ether oxygens (including phenoxy) is 1. The number of cyclic esters (lactones) is 2. The number of carbonyl (C=O) groups is 2. The lowest BCUT2D eigenvalue weighted by atomic mass is 10.0. The van der Waals surface area contributed by atoms with Crippen LogP contribution in [0.3, 0.4) is 0 Å². The van der Waals surface area contributed by atoms with Crippen molar-refractivity contribution in [3.8, 4) is 0 Å². The Labute approximate surface area is 165 Å². The van der Waals surface area contributed by atoms with Gasteiger partial charge in [-0.3, -0.25) is 9.59 Å². The van der Waals surface area contributed by atoms with Crippen molar-refractivity contribution in [2.24, 2.45) is 5.92 Å². The predicted molar refractivity (Wildman–Crippen MR) is 111 cm³/mol. The number of unbranched alkanes of at least 4 members (excludes halogenated alkanes) is 14. The van der Waals surface area contributed by atoms with Gasteiger partial charge in [0, 0.05) is 0 Å². The minimum atomic E-state index is -0.397. The van der Waals surface area contributed by atoms with Crippen LogP contribution in [0.15, 0.2) is 12.2 Å². The molecule has 0 aliphatic carbocycles. The molecule has 0 saturated carbocycles. The van der Waals surface area contributed by atoms with Crippen molar-refractivity contribution in [3.05, 3.63) is 12.2 Å². The van der Waals surface area contributed by atoms with E-state index in [0.29, 0.717) is 0 Å². The van der Waals surface area contributed by atoms with Crippen molar-refractivity contribution in [2.75, 3.05) is 0 Å². The maximum Gasteiger partial charge on any atom is 0.321 e. The second-order valence-corrected chi connectivity index (χ2v) is 7.71. The average molecular weight is 381 g/mol. The molecule has 1 saturated heterocycles. The van der Waals surface area contributed by atoms with Crippen LogP contribution in [-0.2, 0) is 14.3 Å². The predicted octanol–water partition coefficient (Wildman–Crippen LogP) is 6.48. The second-order valence-electron chi connectivity index (χ2n) is 7.37. The van der Waals surface area contributed by atoms with Crippen molar-refractivity contribution in [1.29, 1.82) is 0 Å². The van der Waals surface area contributed by atoms with Crippen molar-refractivity contribution >= 4 is 29.5 Å². The number of hydrogen-bond donors (Lipinski definition) is 0. The van der Waals surface area contributed by atoms with Gasteiger partial charge < -0.3 is 4.74 Å². The third-order valence-corrected chi connectivity index (χ3v) is 5.20. The highest BCUT2D eigenvalue weighted by atomic mass is 32.1. The van der Waals surface area contributed by atoms with Gasteiger partial charge in [0.25, 0.3) is 0 Å². The fourth-order valence-corrected chi connectivity index (χ4v) is 3.50. The second kappa shape index (κ2) is 16.2. The van der Waals surface area contributed by atoms with Gasteiger partial charge in [-0.2, -0.15) is 0 Å². The van der Waals surface area contributed by atoms with Gasteiger partial charge in [0.15, 0.2) is 0 Å². The summed E-state index contributed by atoms with van der Waals surface area (Å²) in [6.07, 6.45) is 23.5. The maximum absolute atomic E-state index is 11.3. The molecule has 1 unspecified atom stereocenters. The molecule has 0 aromatic rings. The molecule has 1 aliphatic rings.